The van der Waals surface area contributed by atoms with Crippen LogP contribution in [0.15, 0.2) is 16.5 Å². The summed E-state index contributed by atoms with van der Waals surface area (Å²) in [6, 6.07) is 3.36. The molecule has 0 aliphatic heterocycles. The third-order valence-electron chi connectivity index (χ3n) is 3.21. The van der Waals surface area contributed by atoms with Crippen molar-refractivity contribution in [1.82, 2.24) is 10.2 Å². The number of benzene rings is 1. The quantitative estimate of drug-likeness (QED) is 0.590. The van der Waals surface area contributed by atoms with Gasteiger partial charge in [-0.1, -0.05) is 30.0 Å². The summed E-state index contributed by atoms with van der Waals surface area (Å²) in [5.41, 5.74) is 0.563. The van der Waals surface area contributed by atoms with E-state index >= 15 is 0 Å². The summed E-state index contributed by atoms with van der Waals surface area (Å²) in [5.74, 6) is 1.49. The summed E-state index contributed by atoms with van der Waals surface area (Å²) in [4.78, 5) is 12.2. The molecule has 1 aromatic carbocycles. The van der Waals surface area contributed by atoms with E-state index < -0.39 is 0 Å². The van der Waals surface area contributed by atoms with Crippen molar-refractivity contribution in [3.63, 3.8) is 0 Å². The third-order valence-corrected chi connectivity index (χ3v) is 5.22. The molecule has 142 valence electrons. The largest absolute Gasteiger partial charge is 0.493 e. The Morgan fingerprint density at radius 3 is 2.42 bits per heavy atom. The Balaban J connectivity index is 1.96. The predicted octanol–water partition coefficient (Wildman–Crippen LogP) is 3.12. The molecule has 8 nitrogen and oxygen atoms in total. The second-order valence-corrected chi connectivity index (χ2v) is 7.25. The van der Waals surface area contributed by atoms with Crippen LogP contribution < -0.4 is 24.8 Å². The molecular formula is C16H22N4O4S2. The molecule has 0 fully saturated rings. The molecule has 0 aliphatic carbocycles. The molecule has 10 heteroatoms. The minimum absolute atomic E-state index is 0.164. The summed E-state index contributed by atoms with van der Waals surface area (Å²) in [7, 11) is 4.58. The van der Waals surface area contributed by atoms with Gasteiger partial charge in [-0.15, -0.1) is 10.2 Å². The molecule has 0 saturated heterocycles. The van der Waals surface area contributed by atoms with Gasteiger partial charge in [0.05, 0.1) is 27.1 Å². The Labute approximate surface area is 160 Å². The average molecular weight is 399 g/mol. The number of aromatic nitrogens is 2. The number of methoxy groups -OCH3 is 3. The molecule has 2 aromatic rings. The third kappa shape index (κ3) is 5.40. The minimum atomic E-state index is -0.164. The Hall–Kier alpha value is -2.20. The number of amides is 1. The van der Waals surface area contributed by atoms with Gasteiger partial charge in [-0.05, 0) is 6.42 Å². The maximum Gasteiger partial charge on any atom is 0.234 e. The first-order valence-electron chi connectivity index (χ1n) is 7.91. The number of anilines is 2. The fourth-order valence-corrected chi connectivity index (χ4v) is 3.63. The van der Waals surface area contributed by atoms with Crippen molar-refractivity contribution >= 4 is 39.8 Å². The highest BCUT2D eigenvalue weighted by Gasteiger charge is 2.15. The minimum Gasteiger partial charge on any atom is -0.493 e. The lowest BCUT2D eigenvalue weighted by Gasteiger charge is -2.14. The van der Waals surface area contributed by atoms with Gasteiger partial charge in [-0.2, -0.15) is 0 Å². The zero-order valence-electron chi connectivity index (χ0n) is 15.1. The summed E-state index contributed by atoms with van der Waals surface area (Å²) >= 11 is 2.77. The number of carbonyl (C=O) groups excluding carboxylic acids is 1. The molecule has 0 atom stereocenters. The predicted molar refractivity (Wildman–Crippen MR) is 104 cm³/mol. The first kappa shape index (κ1) is 20.1. The van der Waals surface area contributed by atoms with E-state index in [1.807, 2.05) is 0 Å². The molecule has 26 heavy (non-hydrogen) atoms. The fraction of sp³-hybridized carbons (Fsp3) is 0.438. The lowest BCUT2D eigenvalue weighted by Crippen LogP contribution is -2.14. The van der Waals surface area contributed by atoms with Crippen molar-refractivity contribution < 1.29 is 19.0 Å². The Bertz CT molecular complexity index is 714. The molecule has 0 radical (unpaired) electrons. The van der Waals surface area contributed by atoms with Crippen LogP contribution in [0, 0.1) is 0 Å². The Kier molecular flexibility index (Phi) is 7.79. The van der Waals surface area contributed by atoms with Crippen molar-refractivity contribution in [2.24, 2.45) is 0 Å². The first-order valence-corrected chi connectivity index (χ1v) is 9.71. The Morgan fingerprint density at radius 1 is 1.15 bits per heavy atom. The van der Waals surface area contributed by atoms with E-state index in [1.165, 1.54) is 44.4 Å². The molecule has 2 N–H and O–H groups in total. The average Bonchev–Trinajstić information content (AvgIpc) is 3.11. The van der Waals surface area contributed by atoms with Crippen LogP contribution in [0.3, 0.4) is 0 Å². The van der Waals surface area contributed by atoms with Crippen LogP contribution in [-0.4, -0.2) is 49.7 Å². The SMILES string of the molecule is CCCNc1nnc(SCC(=O)Nc2cc(OC)c(OC)c(OC)c2)s1. The van der Waals surface area contributed by atoms with Gasteiger partial charge in [0.1, 0.15) is 0 Å². The van der Waals surface area contributed by atoms with E-state index in [1.54, 1.807) is 12.1 Å². The van der Waals surface area contributed by atoms with E-state index in [-0.39, 0.29) is 11.7 Å². The zero-order valence-corrected chi connectivity index (χ0v) is 16.8. The van der Waals surface area contributed by atoms with Gasteiger partial charge < -0.3 is 24.8 Å². The molecule has 0 spiro atoms. The van der Waals surface area contributed by atoms with Gasteiger partial charge in [0.25, 0.3) is 0 Å². The standard InChI is InChI=1S/C16H22N4O4S2/c1-5-6-17-15-19-20-16(26-15)25-9-13(21)18-10-7-11(22-2)14(24-4)12(8-10)23-3/h7-8H,5-6,9H2,1-4H3,(H,17,19)(H,18,21). The molecular weight excluding hydrogens is 376 g/mol. The van der Waals surface area contributed by atoms with E-state index in [0.29, 0.717) is 22.9 Å². The van der Waals surface area contributed by atoms with Crippen LogP contribution in [0.1, 0.15) is 13.3 Å². The highest BCUT2D eigenvalue weighted by atomic mass is 32.2. The smallest absolute Gasteiger partial charge is 0.234 e. The normalized spacial score (nSPS) is 10.3. The van der Waals surface area contributed by atoms with Crippen molar-refractivity contribution in [3.05, 3.63) is 12.1 Å². The number of nitrogens with one attached hydrogen (secondary N) is 2. The molecule has 1 amide bonds. The van der Waals surface area contributed by atoms with Crippen molar-refractivity contribution in [1.29, 1.82) is 0 Å². The number of hydrogen-bond donors (Lipinski definition) is 2. The number of nitrogens with zero attached hydrogens (tertiary/aromatic N) is 2. The number of thioether (sulfide) groups is 1. The topological polar surface area (TPSA) is 94.6 Å². The highest BCUT2D eigenvalue weighted by molar-refractivity contribution is 8.01. The molecule has 0 saturated carbocycles. The van der Waals surface area contributed by atoms with Crippen LogP contribution >= 0.6 is 23.1 Å². The fourth-order valence-electron chi connectivity index (χ4n) is 2.05. The summed E-state index contributed by atoms with van der Waals surface area (Å²) in [5, 5.41) is 14.8. The maximum atomic E-state index is 12.2. The number of hydrogen-bond acceptors (Lipinski definition) is 9. The van der Waals surface area contributed by atoms with Gasteiger partial charge in [0.15, 0.2) is 15.8 Å². The Morgan fingerprint density at radius 2 is 1.85 bits per heavy atom. The molecule has 0 unspecified atom stereocenters. The van der Waals surface area contributed by atoms with Gasteiger partial charge in [-0.3, -0.25) is 4.79 Å². The first-order chi connectivity index (χ1) is 12.6. The van der Waals surface area contributed by atoms with Crippen LogP contribution in [0.25, 0.3) is 0 Å². The van der Waals surface area contributed by atoms with Gasteiger partial charge >= 0.3 is 0 Å². The second kappa shape index (κ2) is 10.1. The van der Waals surface area contributed by atoms with Crippen LogP contribution in [0.4, 0.5) is 10.8 Å². The second-order valence-electron chi connectivity index (χ2n) is 5.05. The van der Waals surface area contributed by atoms with E-state index in [9.17, 15) is 4.79 Å². The maximum absolute atomic E-state index is 12.2. The van der Waals surface area contributed by atoms with Crippen LogP contribution in [0.5, 0.6) is 17.2 Å². The van der Waals surface area contributed by atoms with Crippen molar-refractivity contribution in [2.75, 3.05) is 44.3 Å². The number of ether oxygens (including phenoxy) is 3. The molecule has 0 aliphatic rings. The summed E-state index contributed by atoms with van der Waals surface area (Å²) in [6.45, 7) is 2.93. The lowest BCUT2D eigenvalue weighted by molar-refractivity contribution is -0.113. The monoisotopic (exact) mass is 398 g/mol. The van der Waals surface area contributed by atoms with Gasteiger partial charge in [0.2, 0.25) is 16.8 Å². The number of carbonyl (C=O) groups is 1. The summed E-state index contributed by atoms with van der Waals surface area (Å²) < 4.78 is 16.6. The van der Waals surface area contributed by atoms with Crippen molar-refractivity contribution in [3.8, 4) is 17.2 Å². The van der Waals surface area contributed by atoms with E-state index in [4.69, 9.17) is 14.2 Å². The van der Waals surface area contributed by atoms with Gasteiger partial charge in [-0.25, -0.2) is 0 Å². The van der Waals surface area contributed by atoms with E-state index in [0.717, 1.165) is 22.4 Å². The molecule has 2 rings (SSSR count). The summed E-state index contributed by atoms with van der Waals surface area (Å²) in [6.07, 6.45) is 1.01. The highest BCUT2D eigenvalue weighted by Crippen LogP contribution is 2.40. The lowest BCUT2D eigenvalue weighted by atomic mass is 10.2. The molecule has 1 aromatic heterocycles. The van der Waals surface area contributed by atoms with Crippen LogP contribution in [-0.2, 0) is 4.79 Å². The van der Waals surface area contributed by atoms with Gasteiger partial charge in [0, 0.05) is 24.4 Å². The number of rotatable bonds is 10. The molecule has 1 heterocycles. The molecule has 0 bridgehead atoms. The van der Waals surface area contributed by atoms with Crippen LogP contribution in [0.2, 0.25) is 0 Å². The van der Waals surface area contributed by atoms with Crippen molar-refractivity contribution in [2.45, 2.75) is 17.7 Å². The zero-order chi connectivity index (χ0) is 18.9. The van der Waals surface area contributed by atoms with E-state index in [2.05, 4.69) is 27.8 Å².